The summed E-state index contributed by atoms with van der Waals surface area (Å²) in [7, 11) is 2.28. The highest BCUT2D eigenvalue weighted by Crippen LogP contribution is 2.48. The molecule has 0 unspecified atom stereocenters. The van der Waals surface area contributed by atoms with Gasteiger partial charge in [-0.3, -0.25) is 4.90 Å². The van der Waals surface area contributed by atoms with Crippen molar-refractivity contribution in [1.29, 1.82) is 0 Å². The van der Waals surface area contributed by atoms with Gasteiger partial charge in [0.05, 0.1) is 0 Å². The molecule has 19 heavy (non-hydrogen) atoms. The molecule has 3 atom stereocenters. The van der Waals surface area contributed by atoms with Gasteiger partial charge in [0, 0.05) is 18.0 Å². The van der Waals surface area contributed by atoms with Gasteiger partial charge in [-0.05, 0) is 42.6 Å². The highest BCUT2D eigenvalue weighted by molar-refractivity contribution is 5.49. The lowest BCUT2D eigenvalue weighted by Gasteiger charge is -2.41. The minimum absolute atomic E-state index is 0.524. The van der Waals surface area contributed by atoms with Crippen molar-refractivity contribution in [3.8, 4) is 0 Å². The standard InChI is InChI=1S/C18H19N/c1-12-18-14-8-4-3-7-13(14)11-17(19(12)2)15-9-5-6-10-16(15)18/h3-10,12,17-18H,11H2,1-2H3/t12-,17-,18+/m1/s1. The SMILES string of the molecule is C[C@@H]1[C@H]2c3ccccc3C[C@H](c3ccccc32)N1C. The number of hydrogen-bond donors (Lipinski definition) is 0. The normalized spacial score (nSPS) is 28.6. The number of rotatable bonds is 0. The van der Waals surface area contributed by atoms with E-state index in [1.807, 2.05) is 0 Å². The molecule has 0 N–H and O–H groups in total. The zero-order valence-electron chi connectivity index (χ0n) is 11.5. The molecular weight excluding hydrogens is 230 g/mol. The fraction of sp³-hybridized carbons (Fsp3) is 0.333. The van der Waals surface area contributed by atoms with E-state index in [1.54, 1.807) is 5.56 Å². The summed E-state index contributed by atoms with van der Waals surface area (Å²) in [6.45, 7) is 2.37. The Labute approximate surface area is 114 Å². The molecule has 0 radical (unpaired) electrons. The van der Waals surface area contributed by atoms with E-state index < -0.39 is 0 Å². The Morgan fingerprint density at radius 3 is 2.32 bits per heavy atom. The average Bonchev–Trinajstić information content (AvgIpc) is 2.65. The summed E-state index contributed by atoms with van der Waals surface area (Å²) in [5, 5.41) is 0. The number of likely N-dealkylation sites (N-methyl/N-ethyl adjacent to an activating group) is 1. The summed E-state index contributed by atoms with van der Waals surface area (Å²) in [6, 6.07) is 19.1. The molecule has 0 fully saturated rings. The van der Waals surface area contributed by atoms with E-state index >= 15 is 0 Å². The van der Waals surface area contributed by atoms with E-state index in [1.165, 1.54) is 16.7 Å². The zero-order valence-corrected chi connectivity index (χ0v) is 11.5. The van der Waals surface area contributed by atoms with Crippen molar-refractivity contribution in [2.45, 2.75) is 31.3 Å². The third kappa shape index (κ3) is 1.45. The Hall–Kier alpha value is -1.60. The molecule has 96 valence electrons. The molecule has 0 saturated heterocycles. The second kappa shape index (κ2) is 3.94. The first-order valence-electron chi connectivity index (χ1n) is 7.16. The fourth-order valence-electron chi connectivity index (χ4n) is 4.01. The first kappa shape index (κ1) is 11.2. The largest absolute Gasteiger partial charge is 0.295 e. The van der Waals surface area contributed by atoms with Crippen molar-refractivity contribution in [1.82, 2.24) is 4.90 Å². The summed E-state index contributed by atoms with van der Waals surface area (Å²) in [4.78, 5) is 2.56. The van der Waals surface area contributed by atoms with Gasteiger partial charge < -0.3 is 0 Å². The van der Waals surface area contributed by atoms with Crippen molar-refractivity contribution >= 4 is 0 Å². The molecule has 2 aromatic carbocycles. The minimum Gasteiger partial charge on any atom is -0.295 e. The Morgan fingerprint density at radius 1 is 0.895 bits per heavy atom. The van der Waals surface area contributed by atoms with Gasteiger partial charge in [-0.25, -0.2) is 0 Å². The highest BCUT2D eigenvalue weighted by atomic mass is 15.2. The lowest BCUT2D eigenvalue weighted by Crippen LogP contribution is -2.41. The van der Waals surface area contributed by atoms with Crippen LogP contribution in [0.4, 0.5) is 0 Å². The van der Waals surface area contributed by atoms with Crippen LogP contribution in [-0.2, 0) is 6.42 Å². The molecule has 0 aromatic heterocycles. The van der Waals surface area contributed by atoms with Crippen LogP contribution in [0, 0.1) is 0 Å². The van der Waals surface area contributed by atoms with E-state index in [9.17, 15) is 0 Å². The van der Waals surface area contributed by atoms with Crippen LogP contribution in [0.15, 0.2) is 48.5 Å². The molecule has 2 aliphatic heterocycles. The van der Waals surface area contributed by atoms with Crippen LogP contribution < -0.4 is 0 Å². The topological polar surface area (TPSA) is 3.24 Å². The number of hydrogen-bond acceptors (Lipinski definition) is 1. The van der Waals surface area contributed by atoms with Crippen LogP contribution in [0.2, 0.25) is 0 Å². The summed E-state index contributed by atoms with van der Waals surface area (Å²) >= 11 is 0. The van der Waals surface area contributed by atoms with Gasteiger partial charge in [-0.15, -0.1) is 0 Å². The first-order valence-corrected chi connectivity index (χ1v) is 7.16. The van der Waals surface area contributed by atoms with Crippen LogP contribution in [0.5, 0.6) is 0 Å². The summed E-state index contributed by atoms with van der Waals surface area (Å²) < 4.78 is 0. The Kier molecular flexibility index (Phi) is 2.33. The number of benzene rings is 2. The van der Waals surface area contributed by atoms with Gasteiger partial charge in [-0.2, -0.15) is 0 Å². The molecule has 1 heteroatoms. The van der Waals surface area contributed by atoms with Crippen LogP contribution in [0.3, 0.4) is 0 Å². The molecule has 2 bridgehead atoms. The molecule has 2 heterocycles. The summed E-state index contributed by atoms with van der Waals surface area (Å²) in [6.07, 6.45) is 1.14. The van der Waals surface area contributed by atoms with Crippen molar-refractivity contribution in [2.75, 3.05) is 7.05 Å². The van der Waals surface area contributed by atoms with E-state index in [4.69, 9.17) is 0 Å². The fourth-order valence-corrected chi connectivity index (χ4v) is 4.01. The summed E-state index contributed by atoms with van der Waals surface area (Å²) in [5.74, 6) is 0.524. The first-order chi connectivity index (χ1) is 9.27. The zero-order chi connectivity index (χ0) is 13.0. The smallest absolute Gasteiger partial charge is 0.0391 e. The quantitative estimate of drug-likeness (QED) is 0.687. The molecule has 5 rings (SSSR count). The van der Waals surface area contributed by atoms with Crippen molar-refractivity contribution in [2.24, 2.45) is 0 Å². The van der Waals surface area contributed by atoms with Gasteiger partial charge in [-0.1, -0.05) is 48.5 Å². The minimum atomic E-state index is 0.524. The molecule has 1 nitrogen and oxygen atoms in total. The highest BCUT2D eigenvalue weighted by Gasteiger charge is 2.40. The lowest BCUT2D eigenvalue weighted by molar-refractivity contribution is 0.160. The van der Waals surface area contributed by atoms with Crippen molar-refractivity contribution in [3.63, 3.8) is 0 Å². The molecule has 0 spiro atoms. The third-order valence-corrected chi connectivity index (χ3v) is 5.11. The van der Waals surface area contributed by atoms with Gasteiger partial charge in [0.1, 0.15) is 0 Å². The van der Waals surface area contributed by atoms with E-state index in [-0.39, 0.29) is 0 Å². The Bertz CT molecular complexity index is 631. The third-order valence-electron chi connectivity index (χ3n) is 5.11. The molecular formula is C18H19N. The Morgan fingerprint density at radius 2 is 1.53 bits per heavy atom. The van der Waals surface area contributed by atoms with Gasteiger partial charge >= 0.3 is 0 Å². The second-order valence-corrected chi connectivity index (χ2v) is 5.93. The van der Waals surface area contributed by atoms with Gasteiger partial charge in [0.25, 0.3) is 0 Å². The van der Waals surface area contributed by atoms with Crippen LogP contribution in [0.1, 0.15) is 41.1 Å². The maximum Gasteiger partial charge on any atom is 0.0391 e. The predicted octanol–water partition coefficient (Wildman–Crippen LogP) is 3.75. The maximum atomic E-state index is 2.56. The van der Waals surface area contributed by atoms with E-state index in [0.717, 1.165) is 6.42 Å². The van der Waals surface area contributed by atoms with Crippen molar-refractivity contribution in [3.05, 3.63) is 70.8 Å². The second-order valence-electron chi connectivity index (χ2n) is 5.93. The molecule has 0 amide bonds. The van der Waals surface area contributed by atoms with Crippen molar-refractivity contribution < 1.29 is 0 Å². The van der Waals surface area contributed by atoms with Crippen LogP contribution in [-0.4, -0.2) is 18.0 Å². The van der Waals surface area contributed by atoms with Gasteiger partial charge in [0.15, 0.2) is 0 Å². The molecule has 3 aliphatic rings. The summed E-state index contributed by atoms with van der Waals surface area (Å²) in [5.41, 5.74) is 6.14. The monoisotopic (exact) mass is 249 g/mol. The average molecular weight is 249 g/mol. The lowest BCUT2D eigenvalue weighted by atomic mass is 9.79. The van der Waals surface area contributed by atoms with Crippen LogP contribution in [0.25, 0.3) is 0 Å². The van der Waals surface area contributed by atoms with Gasteiger partial charge in [0.2, 0.25) is 0 Å². The number of fused-ring (bicyclic) bond motifs is 1. The van der Waals surface area contributed by atoms with E-state index in [0.29, 0.717) is 18.0 Å². The molecule has 0 saturated carbocycles. The molecule has 1 aliphatic carbocycles. The van der Waals surface area contributed by atoms with Crippen LogP contribution >= 0.6 is 0 Å². The molecule has 2 aromatic rings. The number of nitrogens with zero attached hydrogens (tertiary/aromatic N) is 1. The Balaban J connectivity index is 2.03. The maximum absolute atomic E-state index is 2.56. The predicted molar refractivity (Wildman–Crippen MR) is 78.4 cm³/mol. The van der Waals surface area contributed by atoms with E-state index in [2.05, 4.69) is 67.4 Å².